The van der Waals surface area contributed by atoms with Gasteiger partial charge in [0.05, 0.1) is 6.10 Å². The highest BCUT2D eigenvalue weighted by atomic mass is 127. The van der Waals surface area contributed by atoms with Crippen LogP contribution in [0, 0.1) is 3.57 Å². The topological polar surface area (TPSA) is 12.5 Å². The summed E-state index contributed by atoms with van der Waals surface area (Å²) in [7, 11) is 0. The predicted molar refractivity (Wildman–Crippen MR) is 128 cm³/mol. The van der Waals surface area contributed by atoms with Crippen LogP contribution in [-0.2, 0) is 11.2 Å². The SMILES string of the molecule is Ic1cccc(CCN2CCCC(OC(c3ccccc3)c3ccccc3)C2)c1. The molecule has 1 saturated heterocycles. The molecule has 150 valence electrons. The lowest BCUT2D eigenvalue weighted by atomic mass is 10.00. The van der Waals surface area contributed by atoms with Gasteiger partial charge in [-0.15, -0.1) is 0 Å². The van der Waals surface area contributed by atoms with E-state index in [-0.39, 0.29) is 12.2 Å². The van der Waals surface area contributed by atoms with Crippen LogP contribution in [0.3, 0.4) is 0 Å². The Hall–Kier alpha value is -1.69. The van der Waals surface area contributed by atoms with E-state index < -0.39 is 0 Å². The highest BCUT2D eigenvalue weighted by Crippen LogP contribution is 2.29. The molecule has 29 heavy (non-hydrogen) atoms. The van der Waals surface area contributed by atoms with E-state index in [1.165, 1.54) is 33.2 Å². The van der Waals surface area contributed by atoms with Gasteiger partial charge in [-0.25, -0.2) is 0 Å². The molecule has 0 aliphatic carbocycles. The van der Waals surface area contributed by atoms with E-state index in [4.69, 9.17) is 4.74 Å². The highest BCUT2D eigenvalue weighted by molar-refractivity contribution is 14.1. The largest absolute Gasteiger partial charge is 0.364 e. The smallest absolute Gasteiger partial charge is 0.108 e. The molecule has 3 aromatic carbocycles. The number of ether oxygens (including phenoxy) is 1. The number of benzene rings is 3. The van der Waals surface area contributed by atoms with Gasteiger partial charge < -0.3 is 9.64 Å². The number of likely N-dealkylation sites (tertiary alicyclic amines) is 1. The average Bonchev–Trinajstić information content (AvgIpc) is 2.78. The summed E-state index contributed by atoms with van der Waals surface area (Å²) >= 11 is 2.39. The molecular weight excluding hydrogens is 469 g/mol. The fourth-order valence-corrected chi connectivity index (χ4v) is 4.71. The van der Waals surface area contributed by atoms with Crippen molar-refractivity contribution in [1.29, 1.82) is 0 Å². The van der Waals surface area contributed by atoms with Crippen LogP contribution in [-0.4, -0.2) is 30.6 Å². The first-order valence-corrected chi connectivity index (χ1v) is 11.6. The Morgan fingerprint density at radius 3 is 2.24 bits per heavy atom. The van der Waals surface area contributed by atoms with Gasteiger partial charge >= 0.3 is 0 Å². The third-order valence-corrected chi connectivity index (χ3v) is 6.27. The second-order valence-electron chi connectivity index (χ2n) is 7.78. The first kappa shape index (κ1) is 20.6. The van der Waals surface area contributed by atoms with E-state index in [0.29, 0.717) is 0 Å². The fraction of sp³-hybridized carbons (Fsp3) is 0.308. The second kappa shape index (κ2) is 10.4. The normalized spacial score (nSPS) is 17.5. The zero-order valence-electron chi connectivity index (χ0n) is 16.7. The molecule has 0 bridgehead atoms. The van der Waals surface area contributed by atoms with E-state index >= 15 is 0 Å². The third-order valence-electron chi connectivity index (χ3n) is 5.60. The Balaban J connectivity index is 1.41. The molecule has 1 unspecified atom stereocenters. The number of nitrogens with zero attached hydrogens (tertiary/aromatic N) is 1. The van der Waals surface area contributed by atoms with Crippen molar-refractivity contribution in [3.8, 4) is 0 Å². The van der Waals surface area contributed by atoms with E-state index in [2.05, 4.69) is 112 Å². The molecule has 1 heterocycles. The van der Waals surface area contributed by atoms with Gasteiger partial charge in [0, 0.05) is 16.7 Å². The first-order valence-electron chi connectivity index (χ1n) is 10.5. The van der Waals surface area contributed by atoms with E-state index in [1.807, 2.05) is 0 Å². The maximum Gasteiger partial charge on any atom is 0.108 e. The quantitative estimate of drug-likeness (QED) is 0.366. The van der Waals surface area contributed by atoms with E-state index in [1.54, 1.807) is 0 Å². The summed E-state index contributed by atoms with van der Waals surface area (Å²) in [5.41, 5.74) is 3.88. The van der Waals surface area contributed by atoms with Crippen LogP contribution in [0.4, 0.5) is 0 Å². The maximum absolute atomic E-state index is 6.72. The van der Waals surface area contributed by atoms with E-state index in [0.717, 1.165) is 25.9 Å². The molecule has 0 radical (unpaired) electrons. The summed E-state index contributed by atoms with van der Waals surface area (Å²) in [6.45, 7) is 3.28. The van der Waals surface area contributed by atoms with E-state index in [9.17, 15) is 0 Å². The minimum atomic E-state index is -0.00180. The highest BCUT2D eigenvalue weighted by Gasteiger charge is 2.25. The lowest BCUT2D eigenvalue weighted by Crippen LogP contribution is -2.41. The number of hydrogen-bond acceptors (Lipinski definition) is 2. The summed E-state index contributed by atoms with van der Waals surface area (Å²) < 4.78 is 8.04. The molecule has 1 atom stereocenters. The summed E-state index contributed by atoms with van der Waals surface area (Å²) in [6.07, 6.45) is 3.70. The number of halogens is 1. The van der Waals surface area contributed by atoms with Crippen molar-refractivity contribution in [3.05, 3.63) is 105 Å². The van der Waals surface area contributed by atoms with Gasteiger partial charge in [-0.05, 0) is 77.2 Å². The van der Waals surface area contributed by atoms with Crippen LogP contribution < -0.4 is 0 Å². The van der Waals surface area contributed by atoms with Crippen molar-refractivity contribution in [2.24, 2.45) is 0 Å². The maximum atomic E-state index is 6.72. The fourth-order valence-electron chi connectivity index (χ4n) is 4.10. The molecule has 0 N–H and O–H groups in total. The van der Waals surface area contributed by atoms with Crippen LogP contribution >= 0.6 is 22.6 Å². The molecule has 1 aliphatic heterocycles. The Bertz CT molecular complexity index is 844. The minimum absolute atomic E-state index is 0.00180. The van der Waals surface area contributed by atoms with Crippen LogP contribution in [0.2, 0.25) is 0 Å². The second-order valence-corrected chi connectivity index (χ2v) is 9.03. The Kier molecular flexibility index (Phi) is 7.36. The lowest BCUT2D eigenvalue weighted by molar-refractivity contribution is -0.0330. The van der Waals surface area contributed by atoms with Gasteiger partial charge in [-0.2, -0.15) is 0 Å². The molecular formula is C26H28INO. The van der Waals surface area contributed by atoms with Gasteiger partial charge in [0.2, 0.25) is 0 Å². The zero-order chi connectivity index (χ0) is 19.9. The standard InChI is InChI=1S/C26H28INO/c27-24-14-7-9-21(19-24)16-18-28-17-8-15-25(20-28)29-26(22-10-3-1-4-11-22)23-12-5-2-6-13-23/h1-7,9-14,19,25-26H,8,15-18,20H2. The summed E-state index contributed by atoms with van der Waals surface area (Å²) in [5.74, 6) is 0. The monoisotopic (exact) mass is 497 g/mol. The molecule has 4 rings (SSSR count). The van der Waals surface area contributed by atoms with Crippen LogP contribution in [0.15, 0.2) is 84.9 Å². The lowest BCUT2D eigenvalue weighted by Gasteiger charge is -2.35. The van der Waals surface area contributed by atoms with Gasteiger partial charge in [0.1, 0.15) is 6.10 Å². The van der Waals surface area contributed by atoms with Gasteiger partial charge in [0.25, 0.3) is 0 Å². The van der Waals surface area contributed by atoms with Crippen molar-refractivity contribution in [2.75, 3.05) is 19.6 Å². The predicted octanol–water partition coefficient (Wildman–Crippen LogP) is 6.10. The molecule has 2 nitrogen and oxygen atoms in total. The van der Waals surface area contributed by atoms with Crippen LogP contribution in [0.5, 0.6) is 0 Å². The number of hydrogen-bond donors (Lipinski definition) is 0. The molecule has 0 saturated carbocycles. The molecule has 0 spiro atoms. The molecule has 3 aromatic rings. The van der Waals surface area contributed by atoms with Crippen molar-refractivity contribution in [1.82, 2.24) is 4.90 Å². The van der Waals surface area contributed by atoms with Crippen molar-refractivity contribution in [2.45, 2.75) is 31.5 Å². The number of piperidine rings is 1. The molecule has 1 aliphatic rings. The first-order chi connectivity index (χ1) is 14.3. The zero-order valence-corrected chi connectivity index (χ0v) is 18.9. The van der Waals surface area contributed by atoms with Crippen LogP contribution in [0.25, 0.3) is 0 Å². The van der Waals surface area contributed by atoms with Gasteiger partial charge in [-0.1, -0.05) is 72.8 Å². The van der Waals surface area contributed by atoms with Crippen molar-refractivity contribution < 1.29 is 4.74 Å². The molecule has 1 fully saturated rings. The number of rotatable bonds is 7. The van der Waals surface area contributed by atoms with Gasteiger partial charge in [-0.3, -0.25) is 0 Å². The molecule has 0 amide bonds. The minimum Gasteiger partial charge on any atom is -0.364 e. The molecule has 0 aromatic heterocycles. The Morgan fingerprint density at radius 2 is 1.59 bits per heavy atom. The molecule has 3 heteroatoms. The third kappa shape index (κ3) is 5.91. The Morgan fingerprint density at radius 1 is 0.897 bits per heavy atom. The average molecular weight is 497 g/mol. The Labute approximate surface area is 188 Å². The van der Waals surface area contributed by atoms with Gasteiger partial charge in [0.15, 0.2) is 0 Å². The summed E-state index contributed by atoms with van der Waals surface area (Å²) in [5, 5.41) is 0. The van der Waals surface area contributed by atoms with Crippen molar-refractivity contribution in [3.63, 3.8) is 0 Å². The van der Waals surface area contributed by atoms with Crippen LogP contribution in [0.1, 0.15) is 35.6 Å². The van der Waals surface area contributed by atoms with Crippen molar-refractivity contribution >= 4 is 22.6 Å². The summed E-state index contributed by atoms with van der Waals surface area (Å²) in [6, 6.07) is 30.1. The summed E-state index contributed by atoms with van der Waals surface area (Å²) in [4.78, 5) is 2.57.